The predicted molar refractivity (Wildman–Crippen MR) is 65.9 cm³/mol. The fourth-order valence-electron chi connectivity index (χ4n) is 2.00. The number of carboxylic acid groups (broad SMARTS) is 1. The van der Waals surface area contributed by atoms with Gasteiger partial charge in [-0.2, -0.15) is 0 Å². The van der Waals surface area contributed by atoms with Crippen molar-refractivity contribution >= 4 is 11.9 Å². The quantitative estimate of drug-likeness (QED) is 0.837. The van der Waals surface area contributed by atoms with E-state index in [0.717, 1.165) is 0 Å². The Kier molecular flexibility index (Phi) is 3.89. The summed E-state index contributed by atoms with van der Waals surface area (Å²) in [5.74, 6) is -1.43. The maximum atomic E-state index is 11.8. The number of aliphatic carboxylic acids is 1. The summed E-state index contributed by atoms with van der Waals surface area (Å²) in [6.07, 6.45) is 0.470. The van der Waals surface area contributed by atoms with Gasteiger partial charge in [0.2, 0.25) is 0 Å². The van der Waals surface area contributed by atoms with Crippen LogP contribution in [0.25, 0.3) is 0 Å². The van der Waals surface area contributed by atoms with Crippen LogP contribution < -0.4 is 4.74 Å². The molecule has 0 aliphatic carbocycles. The van der Waals surface area contributed by atoms with Gasteiger partial charge in [0.15, 0.2) is 18.1 Å². The molecular formula is C13H15NO5. The number of para-hydroxylation sites is 2. The number of carboxylic acids is 1. The molecule has 2 N–H and O–H groups in total. The highest BCUT2D eigenvalue weighted by molar-refractivity contribution is 5.80. The van der Waals surface area contributed by atoms with Crippen LogP contribution in [0.1, 0.15) is 6.42 Å². The lowest BCUT2D eigenvalue weighted by Crippen LogP contribution is -2.33. The van der Waals surface area contributed by atoms with Gasteiger partial charge in [-0.15, -0.1) is 0 Å². The Balaban J connectivity index is 1.86. The molecule has 0 radical (unpaired) electrons. The molecule has 1 aromatic rings. The molecule has 6 nitrogen and oxygen atoms in total. The molecule has 0 spiro atoms. The first-order chi connectivity index (χ1) is 9.08. The van der Waals surface area contributed by atoms with E-state index in [1.165, 1.54) is 11.0 Å². The Labute approximate surface area is 110 Å². The summed E-state index contributed by atoms with van der Waals surface area (Å²) in [5.41, 5.74) is 0. The van der Waals surface area contributed by atoms with Gasteiger partial charge >= 0.3 is 5.97 Å². The van der Waals surface area contributed by atoms with Crippen molar-refractivity contribution in [2.45, 2.75) is 6.42 Å². The molecule has 0 saturated carbocycles. The molecule has 1 heterocycles. The SMILES string of the molecule is O=C(O)C1CCN(C(=O)COc2ccccc2O)C1. The van der Waals surface area contributed by atoms with Gasteiger partial charge in [0.25, 0.3) is 5.91 Å². The highest BCUT2D eigenvalue weighted by Crippen LogP contribution is 2.24. The summed E-state index contributed by atoms with van der Waals surface area (Å²) in [5, 5.41) is 18.3. The van der Waals surface area contributed by atoms with Crippen LogP contribution in [0.4, 0.5) is 0 Å². The lowest BCUT2D eigenvalue weighted by atomic mass is 10.1. The summed E-state index contributed by atoms with van der Waals surface area (Å²) in [6.45, 7) is 0.447. The summed E-state index contributed by atoms with van der Waals surface area (Å²) >= 11 is 0. The van der Waals surface area contributed by atoms with E-state index in [0.29, 0.717) is 13.0 Å². The summed E-state index contributed by atoms with van der Waals surface area (Å²) in [4.78, 5) is 24.1. The van der Waals surface area contributed by atoms with Gasteiger partial charge in [0, 0.05) is 13.1 Å². The van der Waals surface area contributed by atoms with Crippen molar-refractivity contribution in [3.8, 4) is 11.5 Å². The highest BCUT2D eigenvalue weighted by Gasteiger charge is 2.30. The average molecular weight is 265 g/mol. The van der Waals surface area contributed by atoms with Crippen molar-refractivity contribution in [3.05, 3.63) is 24.3 Å². The van der Waals surface area contributed by atoms with Crippen molar-refractivity contribution in [1.29, 1.82) is 0 Å². The van der Waals surface area contributed by atoms with E-state index in [1.54, 1.807) is 18.2 Å². The van der Waals surface area contributed by atoms with Crippen LogP contribution in [-0.2, 0) is 9.59 Å². The number of amides is 1. The molecular weight excluding hydrogens is 250 g/mol. The average Bonchev–Trinajstić information content (AvgIpc) is 2.87. The second-order valence-corrected chi connectivity index (χ2v) is 4.42. The number of phenols is 1. The number of carbonyl (C=O) groups excluding carboxylic acids is 1. The minimum Gasteiger partial charge on any atom is -0.504 e. The normalized spacial score (nSPS) is 18.3. The zero-order valence-electron chi connectivity index (χ0n) is 10.3. The number of aromatic hydroxyl groups is 1. The number of hydrogen-bond donors (Lipinski definition) is 2. The van der Waals surface area contributed by atoms with Gasteiger partial charge < -0.3 is 19.8 Å². The summed E-state index contributed by atoms with van der Waals surface area (Å²) < 4.78 is 5.22. The number of phenolic OH excluding ortho intramolecular Hbond substituents is 1. The van der Waals surface area contributed by atoms with E-state index in [2.05, 4.69) is 0 Å². The molecule has 1 amide bonds. The summed E-state index contributed by atoms with van der Waals surface area (Å²) in [7, 11) is 0. The maximum absolute atomic E-state index is 11.8. The van der Waals surface area contributed by atoms with Crippen molar-refractivity contribution in [2.24, 2.45) is 5.92 Å². The molecule has 102 valence electrons. The number of carbonyl (C=O) groups is 2. The maximum Gasteiger partial charge on any atom is 0.308 e. The predicted octanol–water partition coefficient (Wildman–Crippen LogP) is 0.704. The third-order valence-electron chi connectivity index (χ3n) is 3.11. The number of ether oxygens (including phenoxy) is 1. The van der Waals surface area contributed by atoms with Gasteiger partial charge in [-0.25, -0.2) is 0 Å². The van der Waals surface area contributed by atoms with Crippen LogP contribution in [0.2, 0.25) is 0 Å². The topological polar surface area (TPSA) is 87.1 Å². The van der Waals surface area contributed by atoms with Gasteiger partial charge in [0.05, 0.1) is 5.92 Å². The molecule has 1 unspecified atom stereocenters. The molecule has 0 aromatic heterocycles. The Hall–Kier alpha value is -2.24. The van der Waals surface area contributed by atoms with Crippen molar-refractivity contribution in [3.63, 3.8) is 0 Å². The smallest absolute Gasteiger partial charge is 0.308 e. The lowest BCUT2D eigenvalue weighted by Gasteiger charge is -2.16. The van der Waals surface area contributed by atoms with E-state index in [-0.39, 0.29) is 30.6 Å². The van der Waals surface area contributed by atoms with Gasteiger partial charge in [0.1, 0.15) is 0 Å². The number of hydrogen-bond acceptors (Lipinski definition) is 4. The third-order valence-corrected chi connectivity index (χ3v) is 3.11. The first kappa shape index (κ1) is 13.2. The van der Waals surface area contributed by atoms with Gasteiger partial charge in [-0.1, -0.05) is 12.1 Å². The van der Waals surface area contributed by atoms with Crippen LogP contribution >= 0.6 is 0 Å². The van der Waals surface area contributed by atoms with Crippen molar-refractivity contribution in [2.75, 3.05) is 19.7 Å². The fraction of sp³-hybridized carbons (Fsp3) is 0.385. The molecule has 1 saturated heterocycles. The number of benzene rings is 1. The molecule has 1 atom stereocenters. The first-order valence-electron chi connectivity index (χ1n) is 5.99. The molecule has 1 aliphatic rings. The molecule has 1 fully saturated rings. The number of rotatable bonds is 4. The zero-order chi connectivity index (χ0) is 13.8. The standard InChI is InChI=1S/C13H15NO5/c15-10-3-1-2-4-11(10)19-8-12(16)14-6-5-9(7-14)13(17)18/h1-4,9,15H,5-8H2,(H,17,18). The minimum atomic E-state index is -0.878. The molecule has 1 aliphatic heterocycles. The Morgan fingerprint density at radius 3 is 2.74 bits per heavy atom. The Morgan fingerprint density at radius 2 is 2.11 bits per heavy atom. The van der Waals surface area contributed by atoms with Crippen molar-refractivity contribution < 1.29 is 24.5 Å². The second-order valence-electron chi connectivity index (χ2n) is 4.42. The molecule has 19 heavy (non-hydrogen) atoms. The zero-order valence-corrected chi connectivity index (χ0v) is 10.3. The minimum absolute atomic E-state index is 0.0277. The van der Waals surface area contributed by atoms with Crippen LogP contribution in [0.3, 0.4) is 0 Å². The Bertz CT molecular complexity index is 488. The van der Waals surface area contributed by atoms with E-state index < -0.39 is 11.9 Å². The van der Waals surface area contributed by atoms with Crippen LogP contribution in [0.5, 0.6) is 11.5 Å². The fourth-order valence-corrected chi connectivity index (χ4v) is 2.00. The van der Waals surface area contributed by atoms with E-state index >= 15 is 0 Å². The van der Waals surface area contributed by atoms with Crippen molar-refractivity contribution in [1.82, 2.24) is 4.90 Å². The molecule has 2 rings (SSSR count). The highest BCUT2D eigenvalue weighted by atomic mass is 16.5. The largest absolute Gasteiger partial charge is 0.504 e. The Morgan fingerprint density at radius 1 is 1.37 bits per heavy atom. The van der Waals surface area contributed by atoms with Crippen LogP contribution in [-0.4, -0.2) is 46.7 Å². The number of nitrogens with zero attached hydrogens (tertiary/aromatic N) is 1. The van der Waals surface area contributed by atoms with Crippen LogP contribution in [0, 0.1) is 5.92 Å². The van der Waals surface area contributed by atoms with E-state index in [9.17, 15) is 14.7 Å². The molecule has 1 aromatic carbocycles. The first-order valence-corrected chi connectivity index (χ1v) is 5.99. The van der Waals surface area contributed by atoms with Gasteiger partial charge in [-0.3, -0.25) is 9.59 Å². The molecule has 6 heteroatoms. The number of likely N-dealkylation sites (tertiary alicyclic amines) is 1. The van der Waals surface area contributed by atoms with E-state index in [4.69, 9.17) is 9.84 Å². The monoisotopic (exact) mass is 265 g/mol. The summed E-state index contributed by atoms with van der Waals surface area (Å²) in [6, 6.07) is 6.38. The van der Waals surface area contributed by atoms with Crippen LogP contribution in [0.15, 0.2) is 24.3 Å². The lowest BCUT2D eigenvalue weighted by molar-refractivity contribution is -0.141. The third kappa shape index (κ3) is 3.15. The van der Waals surface area contributed by atoms with E-state index in [1.807, 2.05) is 0 Å². The molecule has 0 bridgehead atoms. The van der Waals surface area contributed by atoms with Gasteiger partial charge in [-0.05, 0) is 18.6 Å². The second kappa shape index (κ2) is 5.60.